The van der Waals surface area contributed by atoms with Crippen molar-refractivity contribution >= 4 is 11.7 Å². The summed E-state index contributed by atoms with van der Waals surface area (Å²) in [6, 6.07) is 6.47. The molecule has 1 aromatic rings. The normalized spacial score (nSPS) is 16.6. The second-order valence-corrected chi connectivity index (χ2v) is 6.48. The minimum absolute atomic E-state index is 0.0573. The molecular weight excluding hydrogens is 260 g/mol. The van der Waals surface area contributed by atoms with Crippen molar-refractivity contribution in [3.8, 4) is 0 Å². The van der Waals surface area contributed by atoms with Gasteiger partial charge in [0.05, 0.1) is 0 Å². The summed E-state index contributed by atoms with van der Waals surface area (Å²) in [5.74, 6) is 0.401. The molecule has 1 aromatic carbocycles. The van der Waals surface area contributed by atoms with Gasteiger partial charge in [-0.05, 0) is 36.8 Å². The number of benzene rings is 1. The first kappa shape index (κ1) is 15.9. The highest BCUT2D eigenvalue weighted by molar-refractivity contribution is 5.91. The predicted octanol–water partition coefficient (Wildman–Crippen LogP) is 4.96. The number of nitrogens with one attached hydrogen (secondary N) is 2. The van der Waals surface area contributed by atoms with E-state index < -0.39 is 0 Å². The van der Waals surface area contributed by atoms with Gasteiger partial charge in [-0.2, -0.15) is 0 Å². The van der Waals surface area contributed by atoms with Gasteiger partial charge in [-0.1, -0.05) is 57.7 Å². The van der Waals surface area contributed by atoms with Crippen LogP contribution in [0.5, 0.6) is 0 Å². The molecule has 1 aliphatic carbocycles. The van der Waals surface area contributed by atoms with Crippen molar-refractivity contribution in [3.63, 3.8) is 0 Å². The number of anilines is 1. The molecule has 0 spiro atoms. The molecule has 0 saturated heterocycles. The molecule has 0 aliphatic heterocycles. The van der Waals surface area contributed by atoms with E-state index in [1.807, 2.05) is 13.0 Å². The first-order valence-corrected chi connectivity index (χ1v) is 8.25. The Bertz CT molecular complexity index is 474. The highest BCUT2D eigenvalue weighted by Gasteiger charge is 2.16. The summed E-state index contributed by atoms with van der Waals surface area (Å²) in [5, 5.41) is 6.23. The van der Waals surface area contributed by atoms with Gasteiger partial charge in [0, 0.05) is 11.7 Å². The topological polar surface area (TPSA) is 41.1 Å². The van der Waals surface area contributed by atoms with Crippen LogP contribution in [0.1, 0.15) is 69.4 Å². The van der Waals surface area contributed by atoms with Crippen LogP contribution in [0.25, 0.3) is 0 Å². The van der Waals surface area contributed by atoms with E-state index in [2.05, 4.69) is 36.6 Å². The summed E-state index contributed by atoms with van der Waals surface area (Å²) in [7, 11) is 0. The van der Waals surface area contributed by atoms with E-state index in [-0.39, 0.29) is 6.03 Å². The third kappa shape index (κ3) is 4.48. The van der Waals surface area contributed by atoms with E-state index >= 15 is 0 Å². The van der Waals surface area contributed by atoms with Crippen LogP contribution in [0.15, 0.2) is 18.2 Å². The third-order valence-electron chi connectivity index (χ3n) is 4.36. The molecule has 1 saturated carbocycles. The highest BCUT2D eigenvalue weighted by Crippen LogP contribution is 2.27. The van der Waals surface area contributed by atoms with Gasteiger partial charge >= 0.3 is 6.03 Å². The molecule has 3 heteroatoms. The lowest BCUT2D eigenvalue weighted by Crippen LogP contribution is -2.38. The fourth-order valence-electron chi connectivity index (χ4n) is 3.10. The van der Waals surface area contributed by atoms with E-state index in [4.69, 9.17) is 0 Å². The zero-order valence-electron chi connectivity index (χ0n) is 13.5. The number of hydrogen-bond donors (Lipinski definition) is 2. The summed E-state index contributed by atoms with van der Waals surface area (Å²) in [6.07, 6.45) is 7.28. The molecule has 0 heterocycles. The van der Waals surface area contributed by atoms with Gasteiger partial charge in [0.25, 0.3) is 0 Å². The van der Waals surface area contributed by atoms with Crippen LogP contribution in [-0.2, 0) is 0 Å². The maximum atomic E-state index is 12.3. The van der Waals surface area contributed by atoms with Gasteiger partial charge in [0.15, 0.2) is 0 Å². The number of carbonyl (C=O) groups excluding carboxylic acids is 1. The van der Waals surface area contributed by atoms with E-state index in [9.17, 15) is 4.79 Å². The number of aryl methyl sites for hydroxylation is 1. The second-order valence-electron chi connectivity index (χ2n) is 6.48. The number of hydrogen-bond acceptors (Lipinski definition) is 1. The Labute approximate surface area is 128 Å². The van der Waals surface area contributed by atoms with Gasteiger partial charge in [0.2, 0.25) is 0 Å². The fraction of sp³-hybridized carbons (Fsp3) is 0.611. The van der Waals surface area contributed by atoms with Gasteiger partial charge in [-0.15, -0.1) is 0 Å². The Morgan fingerprint density at radius 2 is 1.81 bits per heavy atom. The number of amides is 2. The lowest BCUT2D eigenvalue weighted by molar-refractivity contribution is 0.247. The summed E-state index contributed by atoms with van der Waals surface area (Å²) >= 11 is 0. The van der Waals surface area contributed by atoms with Crippen molar-refractivity contribution in [1.29, 1.82) is 0 Å². The molecule has 2 amide bonds. The highest BCUT2D eigenvalue weighted by atomic mass is 16.2. The Kier molecular flexibility index (Phi) is 5.66. The van der Waals surface area contributed by atoms with Crippen LogP contribution in [0.2, 0.25) is 0 Å². The summed E-state index contributed by atoms with van der Waals surface area (Å²) < 4.78 is 0. The molecule has 3 nitrogen and oxygen atoms in total. The molecule has 0 radical (unpaired) electrons. The summed E-state index contributed by atoms with van der Waals surface area (Å²) in [6.45, 7) is 6.36. The molecule has 116 valence electrons. The maximum Gasteiger partial charge on any atom is 0.319 e. The molecule has 21 heavy (non-hydrogen) atoms. The Morgan fingerprint density at radius 1 is 1.14 bits per heavy atom. The standard InChI is InChI=1S/C18H28N2O/c1-13(2)16-12-8-9-14(3)17(16)20-18(21)19-15-10-6-4-5-7-11-15/h8-9,12-13,15H,4-7,10-11H2,1-3H3,(H2,19,20,21). The first-order chi connectivity index (χ1) is 10.1. The van der Waals surface area contributed by atoms with Gasteiger partial charge < -0.3 is 10.6 Å². The fourth-order valence-corrected chi connectivity index (χ4v) is 3.10. The molecule has 0 atom stereocenters. The number of rotatable bonds is 3. The van der Waals surface area contributed by atoms with E-state index in [1.54, 1.807) is 0 Å². The Balaban J connectivity index is 2.02. The number of urea groups is 1. The largest absolute Gasteiger partial charge is 0.335 e. The molecular formula is C18H28N2O. The van der Waals surface area contributed by atoms with Crippen molar-refractivity contribution in [3.05, 3.63) is 29.3 Å². The van der Waals surface area contributed by atoms with E-state index in [0.717, 1.165) is 24.1 Å². The first-order valence-electron chi connectivity index (χ1n) is 8.25. The van der Waals surface area contributed by atoms with Crippen LogP contribution in [0.4, 0.5) is 10.5 Å². The SMILES string of the molecule is Cc1cccc(C(C)C)c1NC(=O)NC1CCCCCC1. The number of carbonyl (C=O) groups is 1. The Morgan fingerprint density at radius 3 is 2.43 bits per heavy atom. The molecule has 0 aromatic heterocycles. The lowest BCUT2D eigenvalue weighted by atomic mass is 9.98. The van der Waals surface area contributed by atoms with Crippen molar-refractivity contribution in [2.24, 2.45) is 0 Å². The minimum atomic E-state index is -0.0573. The summed E-state index contributed by atoms with van der Waals surface area (Å²) in [5.41, 5.74) is 3.29. The average molecular weight is 288 g/mol. The molecule has 2 N–H and O–H groups in total. The predicted molar refractivity (Wildman–Crippen MR) is 88.9 cm³/mol. The zero-order chi connectivity index (χ0) is 15.2. The van der Waals surface area contributed by atoms with Crippen LogP contribution < -0.4 is 10.6 Å². The molecule has 2 rings (SSSR count). The average Bonchev–Trinajstić information content (AvgIpc) is 2.69. The van der Waals surface area contributed by atoms with Crippen molar-refractivity contribution in [1.82, 2.24) is 5.32 Å². The molecule has 1 aliphatic rings. The molecule has 0 bridgehead atoms. The maximum absolute atomic E-state index is 12.3. The van der Waals surface area contributed by atoms with E-state index in [0.29, 0.717) is 12.0 Å². The van der Waals surface area contributed by atoms with Crippen molar-refractivity contribution < 1.29 is 4.79 Å². The van der Waals surface area contributed by atoms with Crippen LogP contribution >= 0.6 is 0 Å². The minimum Gasteiger partial charge on any atom is -0.335 e. The summed E-state index contributed by atoms with van der Waals surface area (Å²) in [4.78, 5) is 12.3. The Hall–Kier alpha value is -1.51. The second kappa shape index (κ2) is 7.48. The zero-order valence-corrected chi connectivity index (χ0v) is 13.5. The van der Waals surface area contributed by atoms with Crippen LogP contribution in [0.3, 0.4) is 0 Å². The lowest BCUT2D eigenvalue weighted by Gasteiger charge is -2.20. The van der Waals surface area contributed by atoms with Crippen LogP contribution in [-0.4, -0.2) is 12.1 Å². The van der Waals surface area contributed by atoms with E-state index in [1.165, 1.54) is 31.2 Å². The molecule has 1 fully saturated rings. The van der Waals surface area contributed by atoms with Gasteiger partial charge in [-0.25, -0.2) is 4.79 Å². The number of para-hydroxylation sites is 1. The van der Waals surface area contributed by atoms with Crippen molar-refractivity contribution in [2.45, 2.75) is 71.3 Å². The van der Waals surface area contributed by atoms with Gasteiger partial charge in [-0.3, -0.25) is 0 Å². The third-order valence-corrected chi connectivity index (χ3v) is 4.36. The smallest absolute Gasteiger partial charge is 0.319 e. The monoisotopic (exact) mass is 288 g/mol. The van der Waals surface area contributed by atoms with Gasteiger partial charge in [0.1, 0.15) is 0 Å². The van der Waals surface area contributed by atoms with Crippen LogP contribution in [0, 0.1) is 6.92 Å². The van der Waals surface area contributed by atoms with Crippen molar-refractivity contribution in [2.75, 3.05) is 5.32 Å². The molecule has 0 unspecified atom stereocenters. The quantitative estimate of drug-likeness (QED) is 0.758.